The Morgan fingerprint density at radius 3 is 2.22 bits per heavy atom. The molecule has 1 fully saturated rings. The lowest BCUT2D eigenvalue weighted by molar-refractivity contribution is -0.134. The van der Waals surface area contributed by atoms with Crippen LogP contribution in [0, 0.1) is 13.8 Å². The second-order valence-corrected chi connectivity index (χ2v) is 5.71. The van der Waals surface area contributed by atoms with Crippen molar-refractivity contribution in [2.75, 3.05) is 39.3 Å². The number of nitrogens with zero attached hydrogens (tertiary/aromatic N) is 2. The zero-order valence-electron chi connectivity index (χ0n) is 14.1. The predicted molar refractivity (Wildman–Crippen MR) is 88.6 cm³/mol. The molecule has 1 aromatic carbocycles. The average molecular weight is 319 g/mol. The second-order valence-electron chi connectivity index (χ2n) is 5.71. The molecule has 0 atom stereocenters. The van der Waals surface area contributed by atoms with Crippen molar-refractivity contribution in [3.8, 4) is 5.75 Å². The van der Waals surface area contributed by atoms with Crippen LogP contribution in [0.15, 0.2) is 18.2 Å². The summed E-state index contributed by atoms with van der Waals surface area (Å²) in [5.41, 5.74) is 2.05. The van der Waals surface area contributed by atoms with Gasteiger partial charge < -0.3 is 19.9 Å². The van der Waals surface area contributed by atoms with Crippen molar-refractivity contribution in [3.05, 3.63) is 29.3 Å². The molecule has 0 bridgehead atoms. The molecule has 0 aromatic heterocycles. The second kappa shape index (κ2) is 7.85. The molecule has 0 radical (unpaired) electrons. The molecule has 0 saturated carbocycles. The number of nitrogens with one attached hydrogen (secondary N) is 1. The van der Waals surface area contributed by atoms with Crippen molar-refractivity contribution >= 4 is 11.9 Å². The first-order chi connectivity index (χ1) is 11.0. The third kappa shape index (κ3) is 4.37. The van der Waals surface area contributed by atoms with Crippen LogP contribution in [0.3, 0.4) is 0 Å². The summed E-state index contributed by atoms with van der Waals surface area (Å²) in [6, 6.07) is 5.85. The summed E-state index contributed by atoms with van der Waals surface area (Å²) in [6.45, 7) is 8.69. The van der Waals surface area contributed by atoms with Gasteiger partial charge in [-0.1, -0.05) is 18.2 Å². The largest absolute Gasteiger partial charge is 0.483 e. The number of ether oxygens (including phenoxy) is 1. The lowest BCUT2D eigenvalue weighted by atomic mass is 10.1. The van der Waals surface area contributed by atoms with Crippen LogP contribution in [-0.4, -0.2) is 61.1 Å². The van der Waals surface area contributed by atoms with Gasteiger partial charge in [-0.05, 0) is 31.9 Å². The first-order valence-electron chi connectivity index (χ1n) is 8.02. The quantitative estimate of drug-likeness (QED) is 0.916. The monoisotopic (exact) mass is 319 g/mol. The first kappa shape index (κ1) is 17.1. The van der Waals surface area contributed by atoms with Gasteiger partial charge in [-0.25, -0.2) is 4.79 Å². The SMILES string of the molecule is CCNC(=O)N1CCN(C(=O)COc2c(C)cccc2C)CC1. The van der Waals surface area contributed by atoms with Crippen molar-refractivity contribution < 1.29 is 14.3 Å². The Morgan fingerprint density at radius 2 is 1.65 bits per heavy atom. The lowest BCUT2D eigenvalue weighted by Gasteiger charge is -2.34. The Balaban J connectivity index is 1.83. The van der Waals surface area contributed by atoms with Gasteiger partial charge in [0.05, 0.1) is 0 Å². The lowest BCUT2D eigenvalue weighted by Crippen LogP contribution is -2.53. The van der Waals surface area contributed by atoms with Gasteiger partial charge in [-0.3, -0.25) is 4.79 Å². The number of carbonyl (C=O) groups excluding carboxylic acids is 2. The molecule has 23 heavy (non-hydrogen) atoms. The van der Waals surface area contributed by atoms with Crippen LogP contribution in [-0.2, 0) is 4.79 Å². The molecule has 1 N–H and O–H groups in total. The number of urea groups is 1. The Morgan fingerprint density at radius 1 is 1.09 bits per heavy atom. The van der Waals surface area contributed by atoms with Gasteiger partial charge in [0, 0.05) is 32.7 Å². The minimum absolute atomic E-state index is 0.0346. The Labute approximate surface area is 137 Å². The van der Waals surface area contributed by atoms with E-state index in [0.717, 1.165) is 16.9 Å². The van der Waals surface area contributed by atoms with E-state index in [9.17, 15) is 9.59 Å². The Hall–Kier alpha value is -2.24. The fourth-order valence-electron chi connectivity index (χ4n) is 2.67. The average Bonchev–Trinajstić information content (AvgIpc) is 2.54. The third-order valence-electron chi connectivity index (χ3n) is 4.00. The number of benzene rings is 1. The molecule has 0 aliphatic carbocycles. The van der Waals surface area contributed by atoms with E-state index in [1.54, 1.807) is 9.80 Å². The van der Waals surface area contributed by atoms with Gasteiger partial charge >= 0.3 is 6.03 Å². The minimum Gasteiger partial charge on any atom is -0.483 e. The molecule has 126 valence electrons. The van der Waals surface area contributed by atoms with Gasteiger partial charge in [-0.15, -0.1) is 0 Å². The molecular formula is C17H25N3O3. The molecule has 1 heterocycles. The summed E-state index contributed by atoms with van der Waals surface area (Å²) in [5, 5.41) is 2.78. The number of rotatable bonds is 4. The number of piperazine rings is 1. The first-order valence-corrected chi connectivity index (χ1v) is 8.02. The summed E-state index contributed by atoms with van der Waals surface area (Å²) < 4.78 is 5.71. The number of para-hydroxylation sites is 1. The molecule has 0 spiro atoms. The van der Waals surface area contributed by atoms with E-state index in [-0.39, 0.29) is 18.5 Å². The molecule has 1 aliphatic rings. The van der Waals surface area contributed by atoms with E-state index in [2.05, 4.69) is 5.32 Å². The summed E-state index contributed by atoms with van der Waals surface area (Å²) >= 11 is 0. The van der Waals surface area contributed by atoms with Gasteiger partial charge in [0.2, 0.25) is 0 Å². The van der Waals surface area contributed by atoms with E-state index in [4.69, 9.17) is 4.74 Å². The van der Waals surface area contributed by atoms with E-state index < -0.39 is 0 Å². The van der Waals surface area contributed by atoms with E-state index >= 15 is 0 Å². The zero-order chi connectivity index (χ0) is 16.8. The highest BCUT2D eigenvalue weighted by atomic mass is 16.5. The fraction of sp³-hybridized carbons (Fsp3) is 0.529. The maximum Gasteiger partial charge on any atom is 0.317 e. The minimum atomic E-state index is -0.0635. The molecular weight excluding hydrogens is 294 g/mol. The molecule has 1 aromatic rings. The van der Waals surface area contributed by atoms with Crippen LogP contribution in [0.4, 0.5) is 4.79 Å². The van der Waals surface area contributed by atoms with Crippen molar-refractivity contribution in [1.82, 2.24) is 15.1 Å². The van der Waals surface area contributed by atoms with E-state index in [1.165, 1.54) is 0 Å². The number of hydrogen-bond acceptors (Lipinski definition) is 3. The normalized spacial score (nSPS) is 14.6. The fourth-order valence-corrected chi connectivity index (χ4v) is 2.67. The van der Waals surface area contributed by atoms with Crippen molar-refractivity contribution in [2.24, 2.45) is 0 Å². The third-order valence-corrected chi connectivity index (χ3v) is 4.00. The van der Waals surface area contributed by atoms with E-state index in [0.29, 0.717) is 32.7 Å². The number of carbonyl (C=O) groups is 2. The molecule has 1 saturated heterocycles. The molecule has 1 aliphatic heterocycles. The molecule has 2 rings (SSSR count). The predicted octanol–water partition coefficient (Wildman–Crippen LogP) is 1.56. The van der Waals surface area contributed by atoms with Crippen molar-refractivity contribution in [3.63, 3.8) is 0 Å². The summed E-state index contributed by atoms with van der Waals surface area (Å²) in [5.74, 6) is 0.741. The molecule has 3 amide bonds. The maximum atomic E-state index is 12.3. The highest BCUT2D eigenvalue weighted by Gasteiger charge is 2.24. The highest BCUT2D eigenvalue weighted by molar-refractivity contribution is 5.79. The molecule has 6 heteroatoms. The van der Waals surface area contributed by atoms with Crippen LogP contribution in [0.1, 0.15) is 18.1 Å². The van der Waals surface area contributed by atoms with Crippen LogP contribution in [0.5, 0.6) is 5.75 Å². The number of amides is 3. The maximum absolute atomic E-state index is 12.3. The van der Waals surface area contributed by atoms with Crippen LogP contribution >= 0.6 is 0 Å². The molecule has 0 unspecified atom stereocenters. The smallest absolute Gasteiger partial charge is 0.317 e. The highest BCUT2D eigenvalue weighted by Crippen LogP contribution is 2.22. The Kier molecular flexibility index (Phi) is 5.84. The van der Waals surface area contributed by atoms with Gasteiger partial charge in [0.25, 0.3) is 5.91 Å². The molecule has 6 nitrogen and oxygen atoms in total. The van der Waals surface area contributed by atoms with Crippen LogP contribution in [0.2, 0.25) is 0 Å². The van der Waals surface area contributed by atoms with E-state index in [1.807, 2.05) is 39.0 Å². The van der Waals surface area contributed by atoms with Gasteiger partial charge in [0.1, 0.15) is 5.75 Å². The summed E-state index contributed by atoms with van der Waals surface area (Å²) in [6.07, 6.45) is 0. The van der Waals surface area contributed by atoms with Gasteiger partial charge in [0.15, 0.2) is 6.61 Å². The summed E-state index contributed by atoms with van der Waals surface area (Å²) in [4.78, 5) is 27.5. The Bertz CT molecular complexity index is 546. The van der Waals surface area contributed by atoms with Gasteiger partial charge in [-0.2, -0.15) is 0 Å². The summed E-state index contributed by atoms with van der Waals surface area (Å²) in [7, 11) is 0. The number of hydrogen-bond donors (Lipinski definition) is 1. The zero-order valence-corrected chi connectivity index (χ0v) is 14.1. The van der Waals surface area contributed by atoms with Crippen LogP contribution in [0.25, 0.3) is 0 Å². The number of aryl methyl sites for hydroxylation is 2. The van der Waals surface area contributed by atoms with Crippen LogP contribution < -0.4 is 10.1 Å². The topological polar surface area (TPSA) is 61.9 Å². The van der Waals surface area contributed by atoms with Crippen molar-refractivity contribution in [1.29, 1.82) is 0 Å². The standard InChI is InChI=1S/C17H25N3O3/c1-4-18-17(22)20-10-8-19(9-11-20)15(21)12-23-16-13(2)6-5-7-14(16)3/h5-7H,4,8-12H2,1-3H3,(H,18,22). The van der Waals surface area contributed by atoms with Crippen molar-refractivity contribution in [2.45, 2.75) is 20.8 Å².